The lowest BCUT2D eigenvalue weighted by molar-refractivity contribution is 0.669. The highest BCUT2D eigenvalue weighted by Crippen LogP contribution is 2.42. The summed E-state index contributed by atoms with van der Waals surface area (Å²) in [4.78, 5) is 2.36. The molecule has 0 saturated heterocycles. The molecule has 1 heterocycles. The van der Waals surface area contributed by atoms with E-state index in [1.807, 2.05) is 12.1 Å². The molecule has 0 spiro atoms. The lowest BCUT2D eigenvalue weighted by atomic mass is 9.96. The number of nitrogens with zero attached hydrogens (tertiary/aromatic N) is 1. The van der Waals surface area contributed by atoms with E-state index in [0.717, 1.165) is 39.0 Å². The van der Waals surface area contributed by atoms with E-state index in [-0.39, 0.29) is 0 Å². The number of fused-ring (bicyclic) bond motifs is 6. The SMILES string of the molecule is c1ccc(-c2ccc3ccc(-c4ccc5ccc(N(c6ccc7c(c6)oc6ccccc67)c6cccc7ccccc67)cc5c4)cc3c2)cc1. The predicted molar refractivity (Wildman–Crippen MR) is 212 cm³/mol. The highest BCUT2D eigenvalue weighted by atomic mass is 16.3. The molecule has 0 aliphatic heterocycles. The molecule has 0 aliphatic carbocycles. The van der Waals surface area contributed by atoms with E-state index >= 15 is 0 Å². The van der Waals surface area contributed by atoms with E-state index in [4.69, 9.17) is 4.42 Å². The van der Waals surface area contributed by atoms with Crippen molar-refractivity contribution < 1.29 is 4.42 Å². The number of hydrogen-bond acceptors (Lipinski definition) is 2. The molecule has 10 rings (SSSR count). The second-order valence-electron chi connectivity index (χ2n) is 13.0. The van der Waals surface area contributed by atoms with Crippen molar-refractivity contribution in [2.24, 2.45) is 0 Å². The van der Waals surface area contributed by atoms with Crippen LogP contribution in [-0.4, -0.2) is 0 Å². The molecule has 9 aromatic carbocycles. The Bertz CT molecular complexity index is 2880. The summed E-state index contributed by atoms with van der Waals surface area (Å²) in [6.07, 6.45) is 0. The van der Waals surface area contributed by atoms with E-state index in [1.165, 1.54) is 54.6 Å². The Kier molecular flexibility index (Phi) is 6.53. The quantitative estimate of drug-likeness (QED) is 0.187. The molecule has 0 bridgehead atoms. The van der Waals surface area contributed by atoms with Gasteiger partial charge in [-0.3, -0.25) is 0 Å². The molecule has 10 aromatic rings. The molecule has 1 aromatic heterocycles. The van der Waals surface area contributed by atoms with Crippen molar-refractivity contribution in [1.82, 2.24) is 0 Å². The van der Waals surface area contributed by atoms with Crippen LogP contribution in [0.4, 0.5) is 17.1 Å². The summed E-state index contributed by atoms with van der Waals surface area (Å²) in [5, 5.41) is 9.52. The fraction of sp³-hybridized carbons (Fsp3) is 0. The Morgan fingerprint density at radius 3 is 1.64 bits per heavy atom. The fourth-order valence-electron chi connectivity index (χ4n) is 7.47. The molecular formula is C48H31NO. The molecule has 0 amide bonds. The first kappa shape index (κ1) is 28.4. The second-order valence-corrected chi connectivity index (χ2v) is 13.0. The molecule has 0 atom stereocenters. The van der Waals surface area contributed by atoms with Crippen LogP contribution in [-0.2, 0) is 0 Å². The van der Waals surface area contributed by atoms with Gasteiger partial charge in [-0.1, -0.05) is 127 Å². The van der Waals surface area contributed by atoms with Gasteiger partial charge in [-0.15, -0.1) is 0 Å². The molecule has 0 fully saturated rings. The highest BCUT2D eigenvalue weighted by Gasteiger charge is 2.18. The molecule has 50 heavy (non-hydrogen) atoms. The monoisotopic (exact) mass is 637 g/mol. The largest absolute Gasteiger partial charge is 0.456 e. The number of furan rings is 1. The smallest absolute Gasteiger partial charge is 0.137 e. The van der Waals surface area contributed by atoms with Gasteiger partial charge in [0.1, 0.15) is 11.2 Å². The Balaban J connectivity index is 1.12. The van der Waals surface area contributed by atoms with Crippen molar-refractivity contribution in [3.05, 3.63) is 188 Å². The topological polar surface area (TPSA) is 16.4 Å². The summed E-state index contributed by atoms with van der Waals surface area (Å²) in [7, 11) is 0. The zero-order chi connectivity index (χ0) is 33.0. The van der Waals surface area contributed by atoms with Gasteiger partial charge in [0, 0.05) is 33.6 Å². The molecule has 2 nitrogen and oxygen atoms in total. The van der Waals surface area contributed by atoms with Crippen molar-refractivity contribution in [2.75, 3.05) is 4.90 Å². The highest BCUT2D eigenvalue weighted by molar-refractivity contribution is 6.07. The molecule has 234 valence electrons. The normalized spacial score (nSPS) is 11.6. The number of para-hydroxylation sites is 1. The summed E-state index contributed by atoms with van der Waals surface area (Å²) in [5.74, 6) is 0. The van der Waals surface area contributed by atoms with Crippen LogP contribution < -0.4 is 4.90 Å². The van der Waals surface area contributed by atoms with Gasteiger partial charge in [0.2, 0.25) is 0 Å². The van der Waals surface area contributed by atoms with Crippen LogP contribution in [0.25, 0.3) is 76.5 Å². The van der Waals surface area contributed by atoms with Gasteiger partial charge in [0.15, 0.2) is 0 Å². The number of benzene rings is 9. The Morgan fingerprint density at radius 1 is 0.300 bits per heavy atom. The van der Waals surface area contributed by atoms with Crippen LogP contribution in [0.15, 0.2) is 192 Å². The summed E-state index contributed by atoms with van der Waals surface area (Å²) < 4.78 is 6.37. The molecule has 0 saturated carbocycles. The van der Waals surface area contributed by atoms with Crippen LogP contribution in [0.5, 0.6) is 0 Å². The third-order valence-corrected chi connectivity index (χ3v) is 9.99. The van der Waals surface area contributed by atoms with Gasteiger partial charge >= 0.3 is 0 Å². The van der Waals surface area contributed by atoms with Gasteiger partial charge in [0.25, 0.3) is 0 Å². The second kappa shape index (κ2) is 11.5. The first-order chi connectivity index (χ1) is 24.7. The number of rotatable bonds is 5. The lowest BCUT2D eigenvalue weighted by Gasteiger charge is -2.27. The molecule has 2 heteroatoms. The Morgan fingerprint density at radius 2 is 0.860 bits per heavy atom. The summed E-state index contributed by atoms with van der Waals surface area (Å²) in [6.45, 7) is 0. The fourth-order valence-corrected chi connectivity index (χ4v) is 7.47. The molecule has 0 aliphatic rings. The van der Waals surface area contributed by atoms with Crippen molar-refractivity contribution in [2.45, 2.75) is 0 Å². The number of hydrogen-bond donors (Lipinski definition) is 0. The van der Waals surface area contributed by atoms with E-state index in [2.05, 4.69) is 181 Å². The maximum atomic E-state index is 6.37. The maximum Gasteiger partial charge on any atom is 0.137 e. The average molecular weight is 638 g/mol. The van der Waals surface area contributed by atoms with Gasteiger partial charge in [0.05, 0.1) is 5.69 Å². The Hall–Kier alpha value is -6.64. The minimum Gasteiger partial charge on any atom is -0.456 e. The molecular weight excluding hydrogens is 607 g/mol. The van der Waals surface area contributed by atoms with E-state index in [1.54, 1.807) is 0 Å². The average Bonchev–Trinajstić information content (AvgIpc) is 3.56. The van der Waals surface area contributed by atoms with Gasteiger partial charge in [-0.2, -0.15) is 0 Å². The maximum absolute atomic E-state index is 6.37. The molecule has 0 unspecified atom stereocenters. The summed E-state index contributed by atoms with van der Waals surface area (Å²) in [5.41, 5.74) is 9.90. The lowest BCUT2D eigenvalue weighted by Crippen LogP contribution is -2.10. The minimum absolute atomic E-state index is 0.878. The molecule has 0 N–H and O–H groups in total. The van der Waals surface area contributed by atoms with Crippen molar-refractivity contribution in [3.8, 4) is 22.3 Å². The standard InChI is InChI=1S/C48H31NO/c1-2-9-32(10-3-1)36-20-17-33-18-21-37(28-39(33)27-36)38-22-19-34-23-24-41(30-40(34)29-38)49(46-15-8-12-35-11-4-5-13-43(35)46)42-25-26-45-44-14-6-7-16-47(44)50-48(45)31-42/h1-31H. The third kappa shape index (κ3) is 4.81. The van der Waals surface area contributed by atoms with Crippen LogP contribution in [0, 0.1) is 0 Å². The summed E-state index contributed by atoms with van der Waals surface area (Å²) >= 11 is 0. The first-order valence-corrected chi connectivity index (χ1v) is 17.1. The van der Waals surface area contributed by atoms with Gasteiger partial charge < -0.3 is 9.32 Å². The van der Waals surface area contributed by atoms with Gasteiger partial charge in [-0.25, -0.2) is 0 Å². The minimum atomic E-state index is 0.878. The predicted octanol–water partition coefficient (Wildman–Crippen LogP) is 13.8. The van der Waals surface area contributed by atoms with E-state index < -0.39 is 0 Å². The summed E-state index contributed by atoms with van der Waals surface area (Å²) in [6, 6.07) is 67.7. The number of anilines is 3. The zero-order valence-electron chi connectivity index (χ0n) is 27.3. The van der Waals surface area contributed by atoms with Crippen LogP contribution in [0.2, 0.25) is 0 Å². The van der Waals surface area contributed by atoms with E-state index in [9.17, 15) is 0 Å². The molecule has 0 radical (unpaired) electrons. The van der Waals surface area contributed by atoms with Crippen LogP contribution in [0.3, 0.4) is 0 Å². The van der Waals surface area contributed by atoms with Crippen LogP contribution >= 0.6 is 0 Å². The van der Waals surface area contributed by atoms with Crippen molar-refractivity contribution >= 4 is 71.3 Å². The third-order valence-electron chi connectivity index (χ3n) is 9.99. The first-order valence-electron chi connectivity index (χ1n) is 17.1. The Labute approximate surface area is 290 Å². The van der Waals surface area contributed by atoms with Crippen molar-refractivity contribution in [1.29, 1.82) is 0 Å². The van der Waals surface area contributed by atoms with Crippen molar-refractivity contribution in [3.63, 3.8) is 0 Å². The van der Waals surface area contributed by atoms with E-state index in [0.29, 0.717) is 0 Å². The zero-order valence-corrected chi connectivity index (χ0v) is 27.3. The van der Waals surface area contributed by atoms with Crippen LogP contribution in [0.1, 0.15) is 0 Å². The van der Waals surface area contributed by atoms with Gasteiger partial charge in [-0.05, 0) is 104 Å².